The van der Waals surface area contributed by atoms with Crippen LogP contribution < -0.4 is 5.32 Å². The minimum Gasteiger partial charge on any atom is -0.378 e. The van der Waals surface area contributed by atoms with Gasteiger partial charge in [0.25, 0.3) is 0 Å². The molecule has 3 rings (SSSR count). The molecule has 0 radical (unpaired) electrons. The number of aromatic nitrogens is 4. The van der Waals surface area contributed by atoms with Gasteiger partial charge in [-0.2, -0.15) is 5.26 Å². The van der Waals surface area contributed by atoms with Crippen LogP contribution in [0, 0.1) is 17.1 Å². The van der Waals surface area contributed by atoms with Crippen LogP contribution in [0.2, 0.25) is 0 Å². The van der Waals surface area contributed by atoms with Crippen LogP contribution in [0.25, 0.3) is 5.69 Å². The van der Waals surface area contributed by atoms with Crippen molar-refractivity contribution in [1.29, 1.82) is 5.26 Å². The Morgan fingerprint density at radius 3 is 2.95 bits per heavy atom. The van der Waals surface area contributed by atoms with Gasteiger partial charge < -0.3 is 5.32 Å². The molecule has 2 aromatic heterocycles. The molecule has 0 aliphatic heterocycles. The maximum absolute atomic E-state index is 13.8. The average molecular weight is 300 g/mol. The van der Waals surface area contributed by atoms with E-state index in [0.29, 0.717) is 22.8 Å². The normalized spacial score (nSPS) is 10.3. The Kier molecular flexibility index (Phi) is 3.57. The van der Waals surface area contributed by atoms with Crippen LogP contribution in [0.1, 0.15) is 9.75 Å². The Balaban J connectivity index is 1.78. The summed E-state index contributed by atoms with van der Waals surface area (Å²) in [5.74, 6) is -0.358. The number of thiophene rings is 1. The molecule has 104 valence electrons. The van der Waals surface area contributed by atoms with Gasteiger partial charge in [0.1, 0.15) is 23.1 Å². The van der Waals surface area contributed by atoms with Crippen molar-refractivity contribution in [1.82, 2.24) is 20.2 Å². The molecule has 6 nitrogen and oxygen atoms in total. The third kappa shape index (κ3) is 2.88. The van der Waals surface area contributed by atoms with Crippen molar-refractivity contribution in [2.75, 3.05) is 5.32 Å². The average Bonchev–Trinajstić information content (AvgIpc) is 3.18. The van der Waals surface area contributed by atoms with E-state index in [1.165, 1.54) is 28.4 Å². The first-order valence-corrected chi connectivity index (χ1v) is 6.83. The number of anilines is 1. The highest BCUT2D eigenvalue weighted by atomic mass is 32.1. The molecule has 2 heterocycles. The van der Waals surface area contributed by atoms with E-state index < -0.39 is 0 Å². The predicted octanol–water partition coefficient (Wildman–Crippen LogP) is 2.35. The van der Waals surface area contributed by atoms with Gasteiger partial charge in [-0.3, -0.25) is 0 Å². The quantitative estimate of drug-likeness (QED) is 0.800. The number of benzene rings is 1. The summed E-state index contributed by atoms with van der Waals surface area (Å²) >= 11 is 1.38. The van der Waals surface area contributed by atoms with Crippen LogP contribution in [-0.2, 0) is 6.54 Å². The van der Waals surface area contributed by atoms with E-state index >= 15 is 0 Å². The second kappa shape index (κ2) is 5.68. The lowest BCUT2D eigenvalue weighted by atomic mass is 10.2. The minimum absolute atomic E-state index is 0.356. The summed E-state index contributed by atoms with van der Waals surface area (Å²) in [6, 6.07) is 10.2. The first-order chi connectivity index (χ1) is 10.3. The van der Waals surface area contributed by atoms with Crippen molar-refractivity contribution in [2.45, 2.75) is 6.54 Å². The maximum atomic E-state index is 13.8. The van der Waals surface area contributed by atoms with E-state index in [-0.39, 0.29) is 5.82 Å². The molecule has 0 unspecified atom stereocenters. The van der Waals surface area contributed by atoms with Crippen LogP contribution in [0.4, 0.5) is 10.1 Å². The van der Waals surface area contributed by atoms with Crippen molar-refractivity contribution in [3.05, 3.63) is 52.2 Å². The fourth-order valence-corrected chi connectivity index (χ4v) is 2.53. The number of nitrogens with one attached hydrogen (secondary N) is 1. The van der Waals surface area contributed by atoms with Gasteiger partial charge in [0, 0.05) is 11.4 Å². The molecule has 8 heteroatoms. The van der Waals surface area contributed by atoms with Gasteiger partial charge in [-0.25, -0.2) is 9.07 Å². The van der Waals surface area contributed by atoms with Gasteiger partial charge in [0.05, 0.1) is 11.4 Å². The van der Waals surface area contributed by atoms with Crippen molar-refractivity contribution in [3.63, 3.8) is 0 Å². The van der Waals surface area contributed by atoms with Gasteiger partial charge >= 0.3 is 0 Å². The molecule has 0 fully saturated rings. The zero-order chi connectivity index (χ0) is 14.7. The molecule has 0 bridgehead atoms. The molecule has 1 aromatic carbocycles. The van der Waals surface area contributed by atoms with Crippen LogP contribution in [-0.4, -0.2) is 20.2 Å². The van der Waals surface area contributed by atoms with Crippen LogP contribution >= 0.6 is 11.3 Å². The van der Waals surface area contributed by atoms with E-state index in [0.717, 1.165) is 4.88 Å². The molecule has 3 aromatic rings. The molecule has 0 aliphatic rings. The van der Waals surface area contributed by atoms with Crippen molar-refractivity contribution >= 4 is 17.0 Å². The van der Waals surface area contributed by atoms with Gasteiger partial charge in [-0.05, 0) is 40.8 Å². The Bertz CT molecular complexity index is 789. The number of halogens is 1. The van der Waals surface area contributed by atoms with Crippen LogP contribution in [0.15, 0.2) is 36.7 Å². The van der Waals surface area contributed by atoms with Crippen molar-refractivity contribution < 1.29 is 4.39 Å². The summed E-state index contributed by atoms with van der Waals surface area (Å²) in [7, 11) is 0. The summed E-state index contributed by atoms with van der Waals surface area (Å²) in [6.45, 7) is 0.447. The topological polar surface area (TPSA) is 79.4 Å². The zero-order valence-corrected chi connectivity index (χ0v) is 11.5. The van der Waals surface area contributed by atoms with Gasteiger partial charge in [-0.1, -0.05) is 0 Å². The molecule has 0 amide bonds. The summed E-state index contributed by atoms with van der Waals surface area (Å²) in [5.41, 5.74) is 1.02. The molecule has 0 spiro atoms. The first-order valence-electron chi connectivity index (χ1n) is 6.02. The summed E-state index contributed by atoms with van der Waals surface area (Å²) in [4.78, 5) is 1.59. The molecule has 0 atom stereocenters. The van der Waals surface area contributed by atoms with E-state index in [9.17, 15) is 4.39 Å². The van der Waals surface area contributed by atoms with E-state index in [1.807, 2.05) is 6.07 Å². The number of rotatable bonds is 4. The number of nitriles is 1. The van der Waals surface area contributed by atoms with E-state index in [4.69, 9.17) is 5.26 Å². The third-order valence-electron chi connectivity index (χ3n) is 2.79. The number of hydrogen-bond acceptors (Lipinski definition) is 6. The summed E-state index contributed by atoms with van der Waals surface area (Å²) in [6.07, 6.45) is 1.44. The SMILES string of the molecule is N#Cc1ccc(CNc2cc(-n3cnnn3)ccc2F)s1. The van der Waals surface area contributed by atoms with Crippen molar-refractivity contribution in [2.24, 2.45) is 0 Å². The van der Waals surface area contributed by atoms with Gasteiger partial charge in [0.15, 0.2) is 0 Å². The molecule has 1 N–H and O–H groups in total. The van der Waals surface area contributed by atoms with Gasteiger partial charge in [-0.15, -0.1) is 16.4 Å². The van der Waals surface area contributed by atoms with E-state index in [1.54, 1.807) is 18.2 Å². The second-order valence-corrected chi connectivity index (χ2v) is 5.32. The lowest BCUT2D eigenvalue weighted by Gasteiger charge is -2.08. The Labute approximate surface area is 123 Å². The standard InChI is InChI=1S/C13H9FN6S/c14-12-4-1-9(20-8-17-18-19-20)5-13(12)16-7-11-3-2-10(6-15)21-11/h1-5,8,16H,7H2. The van der Waals surface area contributed by atoms with Crippen LogP contribution in [0.3, 0.4) is 0 Å². The predicted molar refractivity (Wildman–Crippen MR) is 75.5 cm³/mol. The molecular formula is C13H9FN6S. The highest BCUT2D eigenvalue weighted by molar-refractivity contribution is 7.12. The smallest absolute Gasteiger partial charge is 0.146 e. The molecule has 21 heavy (non-hydrogen) atoms. The third-order valence-corrected chi connectivity index (χ3v) is 3.78. The minimum atomic E-state index is -0.358. The monoisotopic (exact) mass is 300 g/mol. The summed E-state index contributed by atoms with van der Waals surface area (Å²) < 4.78 is 15.3. The van der Waals surface area contributed by atoms with Crippen molar-refractivity contribution in [3.8, 4) is 11.8 Å². The fourth-order valence-electron chi connectivity index (χ4n) is 1.79. The molecule has 0 saturated heterocycles. The largest absolute Gasteiger partial charge is 0.378 e. The van der Waals surface area contributed by atoms with Gasteiger partial charge in [0.2, 0.25) is 0 Å². The molecule has 0 saturated carbocycles. The Morgan fingerprint density at radius 2 is 2.24 bits per heavy atom. The Hall–Kier alpha value is -2.79. The first kappa shape index (κ1) is 13.2. The molecule has 0 aliphatic carbocycles. The summed E-state index contributed by atoms with van der Waals surface area (Å²) in [5, 5.41) is 22.6. The second-order valence-electron chi connectivity index (χ2n) is 4.15. The highest BCUT2D eigenvalue weighted by Crippen LogP contribution is 2.21. The number of nitrogens with zero attached hydrogens (tertiary/aromatic N) is 5. The van der Waals surface area contributed by atoms with Crippen LogP contribution in [0.5, 0.6) is 0 Å². The fraction of sp³-hybridized carbons (Fsp3) is 0.0769. The lowest BCUT2D eigenvalue weighted by Crippen LogP contribution is -2.02. The maximum Gasteiger partial charge on any atom is 0.146 e. The molecular weight excluding hydrogens is 291 g/mol. The highest BCUT2D eigenvalue weighted by Gasteiger charge is 2.07. The lowest BCUT2D eigenvalue weighted by molar-refractivity contribution is 0.629. The number of hydrogen-bond donors (Lipinski definition) is 1. The number of tetrazole rings is 1. The zero-order valence-electron chi connectivity index (χ0n) is 10.7. The Morgan fingerprint density at radius 1 is 1.33 bits per heavy atom. The van der Waals surface area contributed by atoms with E-state index in [2.05, 4.69) is 26.9 Å².